The fourth-order valence-electron chi connectivity index (χ4n) is 2.59. The zero-order valence-electron chi connectivity index (χ0n) is 13.7. The van der Waals surface area contributed by atoms with Crippen LogP contribution in [0.5, 0.6) is 5.75 Å². The van der Waals surface area contributed by atoms with Gasteiger partial charge in [-0.2, -0.15) is 0 Å². The van der Waals surface area contributed by atoms with E-state index in [9.17, 15) is 13.2 Å². The normalized spacial score (nSPS) is 19.6. The summed E-state index contributed by atoms with van der Waals surface area (Å²) >= 11 is 0. The average molecular weight is 341 g/mol. The highest BCUT2D eigenvalue weighted by molar-refractivity contribution is 7.88. The minimum atomic E-state index is -3.36. The van der Waals surface area contributed by atoms with Crippen molar-refractivity contribution >= 4 is 15.9 Å². The number of nitrogens with zero attached hydrogens (tertiary/aromatic N) is 2. The van der Waals surface area contributed by atoms with Crippen LogP contribution in [0.3, 0.4) is 0 Å². The number of benzene rings is 1. The van der Waals surface area contributed by atoms with Crippen molar-refractivity contribution in [1.82, 2.24) is 14.5 Å². The second kappa shape index (κ2) is 7.29. The Morgan fingerprint density at radius 3 is 2.52 bits per heavy atom. The molecule has 0 saturated carbocycles. The molecule has 0 aliphatic carbocycles. The first-order valence-corrected chi connectivity index (χ1v) is 9.26. The summed E-state index contributed by atoms with van der Waals surface area (Å²) in [5.41, 5.74) is 1.10. The van der Waals surface area contributed by atoms with Gasteiger partial charge in [-0.15, -0.1) is 0 Å². The third-order valence-electron chi connectivity index (χ3n) is 3.99. The molecule has 1 unspecified atom stereocenters. The molecule has 7 nitrogen and oxygen atoms in total. The number of carbonyl (C=O) groups is 1. The lowest BCUT2D eigenvalue weighted by Crippen LogP contribution is -2.51. The molecule has 1 aliphatic rings. The van der Waals surface area contributed by atoms with Crippen molar-refractivity contribution in [3.05, 3.63) is 29.8 Å². The Labute approximate surface area is 137 Å². The SMILES string of the molecule is COc1ccc(C2CN(C(=O)CNS(C)(=O)=O)CCN2C)cc1. The van der Waals surface area contributed by atoms with Gasteiger partial charge in [-0.05, 0) is 24.7 Å². The van der Waals surface area contributed by atoms with Gasteiger partial charge in [0.25, 0.3) is 0 Å². The van der Waals surface area contributed by atoms with Crippen LogP contribution in [0, 0.1) is 0 Å². The Morgan fingerprint density at radius 1 is 1.30 bits per heavy atom. The monoisotopic (exact) mass is 341 g/mol. The molecule has 1 aromatic carbocycles. The van der Waals surface area contributed by atoms with Gasteiger partial charge in [0.15, 0.2) is 0 Å². The third kappa shape index (κ3) is 4.92. The van der Waals surface area contributed by atoms with Crippen molar-refractivity contribution in [3.8, 4) is 5.75 Å². The van der Waals surface area contributed by atoms with E-state index in [1.807, 2.05) is 31.3 Å². The molecule has 1 aromatic rings. The van der Waals surface area contributed by atoms with E-state index in [2.05, 4.69) is 9.62 Å². The Morgan fingerprint density at radius 2 is 1.96 bits per heavy atom. The average Bonchev–Trinajstić information content (AvgIpc) is 2.52. The number of amides is 1. The van der Waals surface area contributed by atoms with Crippen molar-refractivity contribution in [2.75, 3.05) is 46.6 Å². The molecular weight excluding hydrogens is 318 g/mol. The zero-order valence-corrected chi connectivity index (χ0v) is 14.5. The zero-order chi connectivity index (χ0) is 17.0. The van der Waals surface area contributed by atoms with Gasteiger partial charge in [-0.1, -0.05) is 12.1 Å². The Balaban J connectivity index is 2.04. The summed E-state index contributed by atoms with van der Waals surface area (Å²) < 4.78 is 29.6. The fourth-order valence-corrected chi connectivity index (χ4v) is 2.98. The van der Waals surface area contributed by atoms with Gasteiger partial charge in [0, 0.05) is 19.6 Å². The van der Waals surface area contributed by atoms with Crippen molar-refractivity contribution in [1.29, 1.82) is 0 Å². The number of rotatable bonds is 5. The molecule has 1 aliphatic heterocycles. The number of hydrogen-bond donors (Lipinski definition) is 1. The van der Waals surface area contributed by atoms with Gasteiger partial charge in [0.2, 0.25) is 15.9 Å². The molecule has 128 valence electrons. The van der Waals surface area contributed by atoms with Crippen LogP contribution in [0.2, 0.25) is 0 Å². The molecule has 1 amide bonds. The van der Waals surface area contributed by atoms with E-state index < -0.39 is 10.0 Å². The Hall–Kier alpha value is -1.64. The van der Waals surface area contributed by atoms with Gasteiger partial charge in [0.05, 0.1) is 26.0 Å². The first-order chi connectivity index (χ1) is 10.8. The number of piperazine rings is 1. The number of methoxy groups -OCH3 is 1. The molecule has 1 saturated heterocycles. The van der Waals surface area contributed by atoms with Gasteiger partial charge in [-0.25, -0.2) is 13.1 Å². The topological polar surface area (TPSA) is 79.0 Å². The number of hydrogen-bond acceptors (Lipinski definition) is 5. The molecule has 0 bridgehead atoms. The number of likely N-dealkylation sites (N-methyl/N-ethyl adjacent to an activating group) is 1. The van der Waals surface area contributed by atoms with E-state index in [4.69, 9.17) is 4.74 Å². The number of nitrogens with one attached hydrogen (secondary N) is 1. The standard InChI is InChI=1S/C15H23N3O4S/c1-17-8-9-18(15(19)10-16-23(3,20)21)11-14(17)12-4-6-13(22-2)7-5-12/h4-7,14,16H,8-11H2,1-3H3. The van der Waals surface area contributed by atoms with Crippen LogP contribution < -0.4 is 9.46 Å². The third-order valence-corrected chi connectivity index (χ3v) is 4.66. The molecule has 2 rings (SSSR count). The highest BCUT2D eigenvalue weighted by atomic mass is 32.2. The first kappa shape index (κ1) is 17.7. The smallest absolute Gasteiger partial charge is 0.237 e. The minimum absolute atomic E-state index is 0.0804. The summed E-state index contributed by atoms with van der Waals surface area (Å²) in [6.45, 7) is 1.67. The number of carbonyl (C=O) groups excluding carboxylic acids is 1. The van der Waals surface area contributed by atoms with Crippen molar-refractivity contribution in [2.45, 2.75) is 6.04 Å². The van der Waals surface area contributed by atoms with E-state index >= 15 is 0 Å². The van der Waals surface area contributed by atoms with Gasteiger partial charge in [0.1, 0.15) is 5.75 Å². The van der Waals surface area contributed by atoms with Gasteiger partial charge < -0.3 is 9.64 Å². The molecule has 0 spiro atoms. The van der Waals surface area contributed by atoms with Gasteiger partial charge in [-0.3, -0.25) is 9.69 Å². The van der Waals surface area contributed by atoms with Crippen molar-refractivity contribution in [3.63, 3.8) is 0 Å². The lowest BCUT2D eigenvalue weighted by molar-refractivity contribution is -0.132. The Bertz CT molecular complexity index is 645. The maximum absolute atomic E-state index is 12.2. The van der Waals surface area contributed by atoms with Crippen LogP contribution in [-0.4, -0.2) is 70.7 Å². The maximum atomic E-state index is 12.2. The van der Waals surface area contributed by atoms with E-state index in [0.29, 0.717) is 13.1 Å². The molecule has 23 heavy (non-hydrogen) atoms. The van der Waals surface area contributed by atoms with E-state index in [-0.39, 0.29) is 18.5 Å². The van der Waals surface area contributed by atoms with Crippen LogP contribution >= 0.6 is 0 Å². The summed E-state index contributed by atoms with van der Waals surface area (Å²) in [6.07, 6.45) is 1.05. The summed E-state index contributed by atoms with van der Waals surface area (Å²) in [4.78, 5) is 16.1. The minimum Gasteiger partial charge on any atom is -0.497 e. The molecular formula is C15H23N3O4S. The van der Waals surface area contributed by atoms with Crippen LogP contribution in [0.15, 0.2) is 24.3 Å². The lowest BCUT2D eigenvalue weighted by atomic mass is 10.0. The quantitative estimate of drug-likeness (QED) is 0.819. The molecule has 1 heterocycles. The van der Waals surface area contributed by atoms with Crippen molar-refractivity contribution in [2.24, 2.45) is 0 Å². The Kier molecular flexibility index (Phi) is 5.61. The maximum Gasteiger partial charge on any atom is 0.237 e. The predicted molar refractivity (Wildman–Crippen MR) is 87.8 cm³/mol. The predicted octanol–water partition coefficient (Wildman–Crippen LogP) is 0.0595. The fraction of sp³-hybridized carbons (Fsp3) is 0.533. The molecule has 1 fully saturated rings. The first-order valence-electron chi connectivity index (χ1n) is 7.37. The second-order valence-electron chi connectivity index (χ2n) is 5.70. The van der Waals surface area contributed by atoms with E-state index in [0.717, 1.165) is 24.1 Å². The van der Waals surface area contributed by atoms with Crippen LogP contribution in [-0.2, 0) is 14.8 Å². The van der Waals surface area contributed by atoms with Crippen LogP contribution in [0.4, 0.5) is 0 Å². The van der Waals surface area contributed by atoms with Gasteiger partial charge >= 0.3 is 0 Å². The number of ether oxygens (including phenoxy) is 1. The second-order valence-corrected chi connectivity index (χ2v) is 7.54. The summed E-state index contributed by atoms with van der Waals surface area (Å²) in [7, 11) is 0.277. The molecule has 0 aromatic heterocycles. The molecule has 1 atom stereocenters. The highest BCUT2D eigenvalue weighted by Crippen LogP contribution is 2.25. The van der Waals surface area contributed by atoms with Crippen LogP contribution in [0.25, 0.3) is 0 Å². The van der Waals surface area contributed by atoms with E-state index in [1.165, 1.54) is 0 Å². The molecule has 1 N–H and O–H groups in total. The molecule has 0 radical (unpaired) electrons. The van der Waals surface area contributed by atoms with Crippen LogP contribution in [0.1, 0.15) is 11.6 Å². The highest BCUT2D eigenvalue weighted by Gasteiger charge is 2.28. The van der Waals surface area contributed by atoms with Crippen molar-refractivity contribution < 1.29 is 17.9 Å². The van der Waals surface area contributed by atoms with E-state index in [1.54, 1.807) is 12.0 Å². The molecule has 8 heteroatoms. The largest absolute Gasteiger partial charge is 0.497 e. The summed E-state index contributed by atoms with van der Waals surface area (Å²) in [6, 6.07) is 7.85. The number of sulfonamides is 1. The summed E-state index contributed by atoms with van der Waals surface area (Å²) in [5.74, 6) is 0.583. The lowest BCUT2D eigenvalue weighted by Gasteiger charge is -2.39. The summed E-state index contributed by atoms with van der Waals surface area (Å²) in [5, 5.41) is 0.